The molecular formula is C28H21ClN2. The summed E-state index contributed by atoms with van der Waals surface area (Å²) in [6.07, 6.45) is 11.0. The number of fused-ring (bicyclic) bond motifs is 5. The predicted molar refractivity (Wildman–Crippen MR) is 129 cm³/mol. The summed E-state index contributed by atoms with van der Waals surface area (Å²) in [6, 6.07) is 22.4. The van der Waals surface area contributed by atoms with Gasteiger partial charge in [-0.3, -0.25) is 4.98 Å². The van der Waals surface area contributed by atoms with E-state index in [1.54, 1.807) is 11.8 Å². The molecule has 2 aliphatic carbocycles. The summed E-state index contributed by atoms with van der Waals surface area (Å²) in [4.78, 5) is 4.13. The Bertz CT molecular complexity index is 1410. The number of nitriles is 1. The van der Waals surface area contributed by atoms with Crippen LogP contribution >= 0.6 is 11.6 Å². The van der Waals surface area contributed by atoms with Crippen molar-refractivity contribution in [2.24, 2.45) is 0 Å². The van der Waals surface area contributed by atoms with Crippen LogP contribution in [0.4, 0.5) is 0 Å². The van der Waals surface area contributed by atoms with E-state index in [1.165, 1.54) is 53.2 Å². The molecule has 150 valence electrons. The molecule has 0 bridgehead atoms. The van der Waals surface area contributed by atoms with Gasteiger partial charge in [0.15, 0.2) is 0 Å². The van der Waals surface area contributed by atoms with E-state index in [1.807, 2.05) is 36.4 Å². The number of allylic oxidation sites excluding steroid dienone is 4. The van der Waals surface area contributed by atoms with Crippen molar-refractivity contribution in [3.8, 4) is 6.07 Å². The molecular weight excluding hydrogens is 400 g/mol. The maximum Gasteiger partial charge on any atom is 0.101 e. The molecule has 3 aromatic carbocycles. The molecule has 31 heavy (non-hydrogen) atoms. The van der Waals surface area contributed by atoms with Crippen LogP contribution in [-0.4, -0.2) is 4.98 Å². The van der Waals surface area contributed by atoms with Gasteiger partial charge in [-0.05, 0) is 77.4 Å². The van der Waals surface area contributed by atoms with Gasteiger partial charge in [-0.2, -0.15) is 5.26 Å². The maximum absolute atomic E-state index is 8.61. The summed E-state index contributed by atoms with van der Waals surface area (Å²) in [6.45, 7) is 0. The van der Waals surface area contributed by atoms with Crippen molar-refractivity contribution in [2.75, 3.05) is 0 Å². The zero-order valence-corrected chi connectivity index (χ0v) is 17.9. The Morgan fingerprint density at radius 3 is 2.71 bits per heavy atom. The average molecular weight is 421 g/mol. The molecule has 0 amide bonds. The summed E-state index contributed by atoms with van der Waals surface area (Å²) in [5, 5.41) is 13.1. The Hall–Kier alpha value is -3.41. The minimum atomic E-state index is 0.605. The lowest BCUT2D eigenvalue weighted by atomic mass is 9.80. The highest BCUT2D eigenvalue weighted by molar-refractivity contribution is 6.31. The molecule has 0 saturated heterocycles. The minimum Gasteiger partial charge on any atom is -0.255 e. The SMILES string of the molecule is Clc1ccc2c3c(ccc2c1)C1=C(CCC=C1)CC3.N#Cc1cnc2ccccc2c1. The van der Waals surface area contributed by atoms with Crippen LogP contribution in [0, 0.1) is 11.3 Å². The van der Waals surface area contributed by atoms with Crippen LogP contribution in [0.25, 0.3) is 27.2 Å². The predicted octanol–water partition coefficient (Wildman–Crippen LogP) is 7.65. The summed E-state index contributed by atoms with van der Waals surface area (Å²) in [5.74, 6) is 0. The highest BCUT2D eigenvalue weighted by Gasteiger charge is 2.20. The first kappa shape index (κ1) is 19.5. The van der Waals surface area contributed by atoms with Gasteiger partial charge < -0.3 is 0 Å². The molecule has 1 aromatic heterocycles. The molecule has 0 aliphatic heterocycles. The van der Waals surface area contributed by atoms with Crippen LogP contribution in [0.3, 0.4) is 0 Å². The van der Waals surface area contributed by atoms with Crippen LogP contribution in [0.2, 0.25) is 5.02 Å². The van der Waals surface area contributed by atoms with Gasteiger partial charge in [0.25, 0.3) is 0 Å². The Labute approximate surface area is 187 Å². The second-order valence-corrected chi connectivity index (χ2v) is 8.38. The lowest BCUT2D eigenvalue weighted by Gasteiger charge is -2.25. The number of aryl methyl sites for hydroxylation is 1. The number of para-hydroxylation sites is 1. The fourth-order valence-corrected chi connectivity index (χ4v) is 4.73. The van der Waals surface area contributed by atoms with Crippen molar-refractivity contribution in [3.05, 3.63) is 106 Å². The van der Waals surface area contributed by atoms with Gasteiger partial charge in [0.05, 0.1) is 11.1 Å². The Morgan fingerprint density at radius 2 is 1.81 bits per heavy atom. The first-order valence-corrected chi connectivity index (χ1v) is 11.0. The molecule has 0 atom stereocenters. The molecule has 2 aliphatic rings. The monoisotopic (exact) mass is 420 g/mol. The highest BCUT2D eigenvalue weighted by atomic mass is 35.5. The lowest BCUT2D eigenvalue weighted by Crippen LogP contribution is -2.06. The molecule has 0 unspecified atom stereocenters. The minimum absolute atomic E-state index is 0.605. The van der Waals surface area contributed by atoms with Crippen molar-refractivity contribution in [2.45, 2.75) is 25.7 Å². The molecule has 6 rings (SSSR count). The smallest absolute Gasteiger partial charge is 0.101 e. The molecule has 0 fully saturated rings. The van der Waals surface area contributed by atoms with Crippen molar-refractivity contribution in [1.29, 1.82) is 5.26 Å². The number of aromatic nitrogens is 1. The van der Waals surface area contributed by atoms with E-state index in [0.29, 0.717) is 5.56 Å². The first-order chi connectivity index (χ1) is 15.2. The van der Waals surface area contributed by atoms with Crippen molar-refractivity contribution >= 4 is 38.8 Å². The molecule has 4 aromatic rings. The van der Waals surface area contributed by atoms with Gasteiger partial charge in [-0.25, -0.2) is 0 Å². The van der Waals surface area contributed by atoms with Gasteiger partial charge in [-0.1, -0.05) is 65.7 Å². The van der Waals surface area contributed by atoms with Crippen LogP contribution in [0.15, 0.2) is 84.6 Å². The van der Waals surface area contributed by atoms with Gasteiger partial charge in [0, 0.05) is 16.6 Å². The Balaban J connectivity index is 0.000000147. The zero-order valence-electron chi connectivity index (χ0n) is 17.1. The largest absolute Gasteiger partial charge is 0.255 e. The summed E-state index contributed by atoms with van der Waals surface area (Å²) >= 11 is 6.09. The standard InChI is InChI=1S/C18H15Cl.C10H6N2/c19-14-7-10-16-13(11-14)6-9-17-15-4-2-1-3-12(15)5-8-18(16)17;11-6-8-5-9-3-1-2-4-10(9)12-7-8/h2,4,6-7,9-11H,1,3,5,8H2;1-5,7H. The van der Waals surface area contributed by atoms with Gasteiger partial charge in [0.2, 0.25) is 0 Å². The number of rotatable bonds is 0. The summed E-state index contributed by atoms with van der Waals surface area (Å²) in [7, 11) is 0. The van der Waals surface area contributed by atoms with E-state index in [2.05, 4.69) is 47.5 Å². The van der Waals surface area contributed by atoms with Crippen LogP contribution in [0.1, 0.15) is 36.0 Å². The zero-order chi connectivity index (χ0) is 21.2. The number of nitrogens with zero attached hydrogens (tertiary/aromatic N) is 2. The molecule has 0 N–H and O–H groups in total. The van der Waals surface area contributed by atoms with E-state index >= 15 is 0 Å². The Kier molecular flexibility index (Phi) is 5.28. The second-order valence-electron chi connectivity index (χ2n) is 7.94. The number of halogens is 1. The van der Waals surface area contributed by atoms with E-state index in [-0.39, 0.29) is 0 Å². The van der Waals surface area contributed by atoms with Crippen molar-refractivity contribution in [1.82, 2.24) is 4.98 Å². The molecule has 3 heteroatoms. The molecule has 2 nitrogen and oxygen atoms in total. The van der Waals surface area contributed by atoms with Gasteiger partial charge in [0.1, 0.15) is 6.07 Å². The Morgan fingerprint density at radius 1 is 0.903 bits per heavy atom. The molecule has 0 radical (unpaired) electrons. The van der Waals surface area contributed by atoms with E-state index < -0.39 is 0 Å². The topological polar surface area (TPSA) is 36.7 Å². The fraction of sp³-hybridized carbons (Fsp3) is 0.143. The van der Waals surface area contributed by atoms with Gasteiger partial charge in [-0.15, -0.1) is 0 Å². The van der Waals surface area contributed by atoms with E-state index in [4.69, 9.17) is 16.9 Å². The highest BCUT2D eigenvalue weighted by Crippen LogP contribution is 2.40. The second kappa shape index (κ2) is 8.38. The van der Waals surface area contributed by atoms with Crippen LogP contribution in [-0.2, 0) is 6.42 Å². The van der Waals surface area contributed by atoms with Gasteiger partial charge >= 0.3 is 0 Å². The van der Waals surface area contributed by atoms with Crippen LogP contribution in [0.5, 0.6) is 0 Å². The third kappa shape index (κ3) is 3.85. The summed E-state index contributed by atoms with van der Waals surface area (Å²) in [5.41, 5.74) is 7.59. The number of benzene rings is 3. The quantitative estimate of drug-likeness (QED) is 0.293. The van der Waals surface area contributed by atoms with Crippen LogP contribution < -0.4 is 0 Å². The number of hydrogen-bond acceptors (Lipinski definition) is 2. The normalized spacial score (nSPS) is 14.5. The third-order valence-electron chi connectivity index (χ3n) is 6.06. The average Bonchev–Trinajstić information content (AvgIpc) is 2.83. The number of hydrogen-bond donors (Lipinski definition) is 0. The molecule has 1 heterocycles. The fourth-order valence-electron chi connectivity index (χ4n) is 4.55. The third-order valence-corrected chi connectivity index (χ3v) is 6.29. The summed E-state index contributed by atoms with van der Waals surface area (Å²) < 4.78 is 0. The lowest BCUT2D eigenvalue weighted by molar-refractivity contribution is 0.831. The van der Waals surface area contributed by atoms with E-state index in [0.717, 1.165) is 15.9 Å². The first-order valence-electron chi connectivity index (χ1n) is 10.6. The van der Waals surface area contributed by atoms with Crippen molar-refractivity contribution < 1.29 is 0 Å². The van der Waals surface area contributed by atoms with E-state index in [9.17, 15) is 0 Å². The molecule has 0 saturated carbocycles. The van der Waals surface area contributed by atoms with Crippen molar-refractivity contribution in [3.63, 3.8) is 0 Å². The molecule has 0 spiro atoms. The number of pyridine rings is 1. The maximum atomic E-state index is 8.61.